The minimum absolute atomic E-state index is 0.0960. The molecule has 0 saturated carbocycles. The third-order valence-corrected chi connectivity index (χ3v) is 1.55. The first-order valence-electron chi connectivity index (χ1n) is 3.55. The first-order chi connectivity index (χ1) is 4.71. The molecule has 0 aromatic rings. The van der Waals surface area contributed by atoms with E-state index in [-0.39, 0.29) is 5.54 Å². The normalized spacial score (nSPS) is 39.0. The molecule has 10 heavy (non-hydrogen) atoms. The molecule has 0 aromatic carbocycles. The van der Waals surface area contributed by atoms with Crippen LogP contribution in [0.2, 0.25) is 0 Å². The molecule has 56 valence electrons. The van der Waals surface area contributed by atoms with Gasteiger partial charge in [0.1, 0.15) is 0 Å². The predicted octanol–water partition coefficient (Wildman–Crippen LogP) is 0.767. The van der Waals surface area contributed by atoms with Crippen LogP contribution in [0.25, 0.3) is 0 Å². The van der Waals surface area contributed by atoms with E-state index in [2.05, 4.69) is 11.4 Å². The molecule has 2 nitrogen and oxygen atoms in total. The first kappa shape index (κ1) is 7.35. The molecule has 0 bridgehead atoms. The number of rotatable bonds is 0. The Balaban J connectivity index is 2.55. The van der Waals surface area contributed by atoms with Crippen molar-refractivity contribution in [1.82, 2.24) is 5.32 Å². The quantitative estimate of drug-likeness (QED) is 0.519. The molecule has 0 spiro atoms. The van der Waals surface area contributed by atoms with Gasteiger partial charge in [0.25, 0.3) is 0 Å². The summed E-state index contributed by atoms with van der Waals surface area (Å²) in [5, 5.41) is 3.12. The highest BCUT2D eigenvalue weighted by Crippen LogP contribution is 2.06. The minimum Gasteiger partial charge on any atom is -0.389 e. The fourth-order valence-corrected chi connectivity index (χ4v) is 0.904. The maximum Gasteiger partial charge on any atom is 0.0335 e. The molecule has 0 radical (unpaired) electrons. The van der Waals surface area contributed by atoms with Gasteiger partial charge >= 0.3 is 0 Å². The van der Waals surface area contributed by atoms with Gasteiger partial charge in [0.15, 0.2) is 0 Å². The van der Waals surface area contributed by atoms with Gasteiger partial charge in [-0.15, -0.1) is 0 Å². The van der Waals surface area contributed by atoms with E-state index in [1.807, 2.05) is 25.3 Å². The summed E-state index contributed by atoms with van der Waals surface area (Å²) in [6.07, 6.45) is 8.94. The molecule has 1 aliphatic heterocycles. The van der Waals surface area contributed by atoms with Crippen LogP contribution < -0.4 is 11.1 Å². The molecule has 3 N–H and O–H groups in total. The van der Waals surface area contributed by atoms with Crippen molar-refractivity contribution in [2.45, 2.75) is 18.9 Å². The molecule has 0 saturated heterocycles. The van der Waals surface area contributed by atoms with Crippen molar-refractivity contribution in [3.8, 4) is 0 Å². The summed E-state index contributed by atoms with van der Waals surface area (Å²) in [6, 6.07) is 0. The molecule has 2 heteroatoms. The molecule has 1 aliphatic rings. The van der Waals surface area contributed by atoms with E-state index in [9.17, 15) is 0 Å². The number of nitrogens with one attached hydrogen (secondary N) is 1. The van der Waals surface area contributed by atoms with Crippen molar-refractivity contribution in [2.24, 2.45) is 5.73 Å². The van der Waals surface area contributed by atoms with Crippen molar-refractivity contribution in [3.05, 3.63) is 24.4 Å². The summed E-state index contributed by atoms with van der Waals surface area (Å²) in [4.78, 5) is 0. The van der Waals surface area contributed by atoms with Crippen LogP contribution in [0, 0.1) is 0 Å². The topological polar surface area (TPSA) is 38.0 Å². The van der Waals surface area contributed by atoms with Crippen molar-refractivity contribution < 1.29 is 0 Å². The Kier molecular flexibility index (Phi) is 2.12. The Morgan fingerprint density at radius 1 is 1.50 bits per heavy atom. The van der Waals surface area contributed by atoms with E-state index >= 15 is 0 Å². The lowest BCUT2D eigenvalue weighted by atomic mass is 9.98. The molecule has 1 heterocycles. The Morgan fingerprint density at radius 3 is 3.10 bits per heavy atom. The van der Waals surface area contributed by atoms with Crippen molar-refractivity contribution in [2.75, 3.05) is 6.54 Å². The molecule has 0 amide bonds. The Hall–Kier alpha value is -0.760. The van der Waals surface area contributed by atoms with Crippen LogP contribution in [0.15, 0.2) is 24.4 Å². The van der Waals surface area contributed by atoms with Crippen molar-refractivity contribution in [3.63, 3.8) is 0 Å². The maximum atomic E-state index is 5.90. The van der Waals surface area contributed by atoms with Crippen LogP contribution in [0.1, 0.15) is 13.3 Å². The van der Waals surface area contributed by atoms with Crippen LogP contribution >= 0.6 is 0 Å². The molecule has 0 aromatic heterocycles. The fraction of sp³-hybridized carbons (Fsp3) is 0.500. The lowest BCUT2D eigenvalue weighted by molar-refractivity contribution is 0.458. The zero-order valence-corrected chi connectivity index (χ0v) is 6.30. The van der Waals surface area contributed by atoms with Gasteiger partial charge in [-0.2, -0.15) is 0 Å². The van der Waals surface area contributed by atoms with Crippen molar-refractivity contribution >= 4 is 0 Å². The van der Waals surface area contributed by atoms with Crippen molar-refractivity contribution in [1.29, 1.82) is 0 Å². The molecule has 1 unspecified atom stereocenters. The largest absolute Gasteiger partial charge is 0.389 e. The second-order valence-corrected chi connectivity index (χ2v) is 3.03. The fourth-order valence-electron chi connectivity index (χ4n) is 0.904. The van der Waals surface area contributed by atoms with Crippen LogP contribution in [0.3, 0.4) is 0 Å². The van der Waals surface area contributed by atoms with Crippen LogP contribution in [0.4, 0.5) is 0 Å². The number of allylic oxidation sites excluding steroid dienone is 2. The summed E-state index contributed by atoms with van der Waals surface area (Å²) >= 11 is 0. The molecule has 0 fully saturated rings. The molecular formula is C8H14N2. The average molecular weight is 138 g/mol. The van der Waals surface area contributed by atoms with Crippen LogP contribution in [-0.2, 0) is 0 Å². The number of hydrogen-bond acceptors (Lipinski definition) is 2. The van der Waals surface area contributed by atoms with Crippen LogP contribution in [0.5, 0.6) is 0 Å². The minimum atomic E-state index is -0.0960. The van der Waals surface area contributed by atoms with Gasteiger partial charge in [-0.25, -0.2) is 0 Å². The summed E-state index contributed by atoms with van der Waals surface area (Å²) in [6.45, 7) is 2.89. The zero-order chi connectivity index (χ0) is 7.45. The first-order valence-corrected chi connectivity index (χ1v) is 3.55. The SMILES string of the molecule is CC1(N)C/C=C\C=C/NC1. The Morgan fingerprint density at radius 2 is 2.30 bits per heavy atom. The van der Waals surface area contributed by atoms with E-state index in [0.717, 1.165) is 13.0 Å². The summed E-state index contributed by atoms with van der Waals surface area (Å²) in [7, 11) is 0. The lowest BCUT2D eigenvalue weighted by Crippen LogP contribution is -2.44. The second-order valence-electron chi connectivity index (χ2n) is 3.03. The molecule has 1 rings (SSSR count). The summed E-state index contributed by atoms with van der Waals surface area (Å²) in [5.74, 6) is 0. The Labute approximate surface area is 61.8 Å². The lowest BCUT2D eigenvalue weighted by Gasteiger charge is -2.23. The summed E-state index contributed by atoms with van der Waals surface area (Å²) in [5.41, 5.74) is 5.80. The van der Waals surface area contributed by atoms with E-state index in [1.165, 1.54) is 0 Å². The highest BCUT2D eigenvalue weighted by molar-refractivity contribution is 5.07. The van der Waals surface area contributed by atoms with E-state index < -0.39 is 0 Å². The summed E-state index contributed by atoms with van der Waals surface area (Å²) < 4.78 is 0. The van der Waals surface area contributed by atoms with Gasteiger partial charge in [0.2, 0.25) is 0 Å². The van der Waals surface area contributed by atoms with E-state index in [1.54, 1.807) is 0 Å². The van der Waals surface area contributed by atoms with Gasteiger partial charge in [-0.05, 0) is 25.6 Å². The van der Waals surface area contributed by atoms with Gasteiger partial charge in [0.05, 0.1) is 0 Å². The average Bonchev–Trinajstić information content (AvgIpc) is 1.81. The predicted molar refractivity (Wildman–Crippen MR) is 43.5 cm³/mol. The van der Waals surface area contributed by atoms with E-state index in [0.29, 0.717) is 0 Å². The Bertz CT molecular complexity index is 157. The molecule has 1 atom stereocenters. The van der Waals surface area contributed by atoms with E-state index in [4.69, 9.17) is 5.73 Å². The number of nitrogens with two attached hydrogens (primary N) is 1. The van der Waals surface area contributed by atoms with Gasteiger partial charge in [0, 0.05) is 12.1 Å². The standard InChI is InChI=1S/C8H14N2/c1-8(9)5-3-2-4-6-10-7-8/h2-4,6,10H,5,7,9H2,1H3/b3-2-,6-4-. The maximum absolute atomic E-state index is 5.90. The molecule has 0 aliphatic carbocycles. The van der Waals surface area contributed by atoms with Gasteiger partial charge in [-0.3, -0.25) is 0 Å². The second kappa shape index (κ2) is 2.88. The van der Waals surface area contributed by atoms with Gasteiger partial charge < -0.3 is 11.1 Å². The van der Waals surface area contributed by atoms with Gasteiger partial charge in [-0.1, -0.05) is 12.2 Å². The molecular weight excluding hydrogens is 124 g/mol. The van der Waals surface area contributed by atoms with Crippen LogP contribution in [-0.4, -0.2) is 12.1 Å². The smallest absolute Gasteiger partial charge is 0.0335 e. The third-order valence-electron chi connectivity index (χ3n) is 1.55. The monoisotopic (exact) mass is 138 g/mol. The highest BCUT2D eigenvalue weighted by Gasteiger charge is 2.15. The third kappa shape index (κ3) is 2.23. The highest BCUT2D eigenvalue weighted by atomic mass is 14.9. The number of hydrogen-bond donors (Lipinski definition) is 2. The zero-order valence-electron chi connectivity index (χ0n) is 6.30.